The number of hydrogen-bond donors (Lipinski definition) is 2. The van der Waals surface area contributed by atoms with Crippen LogP contribution in [0.4, 0.5) is 0 Å². The molecule has 0 aromatic heterocycles. The fourth-order valence-corrected chi connectivity index (χ4v) is 5.72. The van der Waals surface area contributed by atoms with Gasteiger partial charge in [0, 0.05) is 6.21 Å². The van der Waals surface area contributed by atoms with Crippen LogP contribution in [-0.4, -0.2) is 70.1 Å². The Hall–Kier alpha value is -2.75. The largest absolute Gasteiger partial charge is 0.507 e. The Kier molecular flexibility index (Phi) is 4.34. The number of carbonyl (C=O) groups is 3. The number of fused-ring (bicyclic) bond motifs is 1. The molecule has 0 bridgehead atoms. The fraction of sp³-hybridized carbons (Fsp3) is 0.412. The highest BCUT2D eigenvalue weighted by Crippen LogP contribution is 2.45. The summed E-state index contributed by atoms with van der Waals surface area (Å²) in [5.74, 6) is -2.73. The summed E-state index contributed by atoms with van der Waals surface area (Å²) >= 11 is 0. The van der Waals surface area contributed by atoms with Crippen molar-refractivity contribution in [3.05, 3.63) is 29.3 Å². The third kappa shape index (κ3) is 2.62. The smallest absolute Gasteiger partial charge is 0.328 e. The monoisotopic (exact) mass is 394 g/mol. The average Bonchev–Trinajstić information content (AvgIpc) is 2.72. The molecule has 0 aliphatic carbocycles. The van der Waals surface area contributed by atoms with Crippen LogP contribution < -0.4 is 0 Å². The number of nitrogens with zero attached hydrogens (tertiary/aromatic N) is 2. The molecule has 0 saturated carbocycles. The van der Waals surface area contributed by atoms with Crippen molar-refractivity contribution in [3.8, 4) is 5.75 Å². The number of phenols is 1. The number of sulfone groups is 1. The van der Waals surface area contributed by atoms with E-state index in [2.05, 4.69) is 4.99 Å². The third-order valence-electron chi connectivity index (χ3n) is 5.09. The molecular weight excluding hydrogens is 376 g/mol. The standard InChI is InChI=1S/C17H18N2O7S/c1-9-4-3-5-10(14(9)22)11(20)7-18-8-17(2)15(16(23)24)19-12(21)6-13(19)27(17,25)26/h3-5,8,13,15,22H,6-7H2,1-2H3,(H,23,24)/t13-,15+,17+/m1/s1. The maximum absolute atomic E-state index is 12.7. The second-order valence-corrected chi connectivity index (χ2v) is 9.31. The number of aryl methyl sites for hydroxylation is 1. The van der Waals surface area contributed by atoms with Crippen LogP contribution in [-0.2, 0) is 19.4 Å². The first kappa shape index (κ1) is 19.0. The highest BCUT2D eigenvalue weighted by Gasteiger charge is 2.69. The van der Waals surface area contributed by atoms with E-state index in [9.17, 15) is 33.0 Å². The zero-order chi connectivity index (χ0) is 20.1. The molecule has 27 heavy (non-hydrogen) atoms. The Labute approximate surface area is 155 Å². The number of carboxylic acid groups (broad SMARTS) is 1. The molecule has 2 aliphatic rings. The van der Waals surface area contributed by atoms with Gasteiger partial charge in [0.2, 0.25) is 5.91 Å². The van der Waals surface area contributed by atoms with Crippen LogP contribution >= 0.6 is 0 Å². The fourth-order valence-electron chi connectivity index (χ4n) is 3.48. The molecule has 3 rings (SSSR count). The van der Waals surface area contributed by atoms with Gasteiger partial charge >= 0.3 is 5.97 Å². The number of aromatic hydroxyl groups is 1. The van der Waals surface area contributed by atoms with Gasteiger partial charge in [0.15, 0.2) is 21.7 Å². The minimum atomic E-state index is -4.02. The number of amides is 1. The number of Topliss-reactive ketones (excluding diaryl/α,β-unsaturated/α-hetero) is 1. The van der Waals surface area contributed by atoms with Crippen molar-refractivity contribution in [2.24, 2.45) is 4.99 Å². The van der Waals surface area contributed by atoms with E-state index in [1.807, 2.05) is 0 Å². The zero-order valence-corrected chi connectivity index (χ0v) is 15.4. The third-order valence-corrected chi connectivity index (χ3v) is 7.76. The van der Waals surface area contributed by atoms with E-state index >= 15 is 0 Å². The molecule has 0 spiro atoms. The summed E-state index contributed by atoms with van der Waals surface area (Å²) in [6.45, 7) is 2.35. The number of carbonyl (C=O) groups excluding carboxylic acids is 2. The van der Waals surface area contributed by atoms with Gasteiger partial charge in [-0.1, -0.05) is 12.1 Å². The molecule has 144 valence electrons. The number of rotatable bonds is 5. The van der Waals surface area contributed by atoms with Gasteiger partial charge in [-0.15, -0.1) is 0 Å². The summed E-state index contributed by atoms with van der Waals surface area (Å²) in [4.78, 5) is 40.3. The molecule has 2 fully saturated rings. The quantitative estimate of drug-likeness (QED) is 0.411. The number of benzene rings is 1. The van der Waals surface area contributed by atoms with Gasteiger partial charge in [-0.3, -0.25) is 14.6 Å². The predicted octanol–water partition coefficient (Wildman–Crippen LogP) is 0.153. The van der Waals surface area contributed by atoms with Crippen molar-refractivity contribution in [1.29, 1.82) is 0 Å². The summed E-state index contributed by atoms with van der Waals surface area (Å²) in [6, 6.07) is 3.03. The predicted molar refractivity (Wildman–Crippen MR) is 94.5 cm³/mol. The Morgan fingerprint density at radius 2 is 2.07 bits per heavy atom. The Morgan fingerprint density at radius 1 is 1.41 bits per heavy atom. The zero-order valence-electron chi connectivity index (χ0n) is 14.6. The van der Waals surface area contributed by atoms with Crippen LogP contribution in [0.15, 0.2) is 23.2 Å². The Balaban J connectivity index is 1.88. The summed E-state index contributed by atoms with van der Waals surface area (Å²) in [7, 11) is -4.02. The van der Waals surface area contributed by atoms with E-state index in [0.29, 0.717) is 5.56 Å². The molecular formula is C17H18N2O7S. The van der Waals surface area contributed by atoms with Crippen LogP contribution in [0.3, 0.4) is 0 Å². The number of carboxylic acids is 1. The second-order valence-electron chi connectivity index (χ2n) is 6.79. The number of hydrogen-bond acceptors (Lipinski definition) is 7. The molecule has 2 N–H and O–H groups in total. The SMILES string of the molecule is Cc1cccc(C(=O)CN=C[C@@]2(C)[C@H](C(=O)O)N3C(=O)C[C@H]3S2(=O)=O)c1O. The molecule has 2 saturated heterocycles. The molecule has 1 aromatic rings. The lowest BCUT2D eigenvalue weighted by Crippen LogP contribution is -2.57. The van der Waals surface area contributed by atoms with Gasteiger partial charge in [0.25, 0.3) is 0 Å². The minimum Gasteiger partial charge on any atom is -0.507 e. The molecule has 9 nitrogen and oxygen atoms in total. The second kappa shape index (κ2) is 6.15. The molecule has 1 amide bonds. The van der Waals surface area contributed by atoms with Crippen molar-refractivity contribution in [1.82, 2.24) is 4.90 Å². The molecule has 0 unspecified atom stereocenters. The van der Waals surface area contributed by atoms with Crippen LogP contribution in [0, 0.1) is 6.92 Å². The molecule has 0 radical (unpaired) electrons. The van der Waals surface area contributed by atoms with E-state index in [4.69, 9.17) is 0 Å². The van der Waals surface area contributed by atoms with Gasteiger partial charge in [-0.25, -0.2) is 13.2 Å². The van der Waals surface area contributed by atoms with Gasteiger partial charge < -0.3 is 15.1 Å². The molecule has 1 aromatic carbocycles. The normalized spacial score (nSPS) is 28.8. The van der Waals surface area contributed by atoms with E-state index in [0.717, 1.165) is 11.1 Å². The first-order valence-electron chi connectivity index (χ1n) is 8.12. The van der Waals surface area contributed by atoms with Gasteiger partial charge in [-0.2, -0.15) is 0 Å². The number of para-hydroxylation sites is 1. The topological polar surface area (TPSA) is 141 Å². The Bertz CT molecular complexity index is 985. The lowest BCUT2D eigenvalue weighted by molar-refractivity contribution is -0.156. The van der Waals surface area contributed by atoms with E-state index < -0.39 is 50.2 Å². The lowest BCUT2D eigenvalue weighted by atomic mass is 9.97. The number of ketones is 1. The van der Waals surface area contributed by atoms with Crippen molar-refractivity contribution >= 4 is 33.7 Å². The molecule has 10 heteroatoms. The van der Waals surface area contributed by atoms with E-state index in [1.165, 1.54) is 13.0 Å². The molecule has 2 aliphatic heterocycles. The minimum absolute atomic E-state index is 0.0420. The van der Waals surface area contributed by atoms with Gasteiger partial charge in [0.1, 0.15) is 22.4 Å². The first-order chi connectivity index (χ1) is 12.5. The van der Waals surface area contributed by atoms with Crippen molar-refractivity contribution < 1.29 is 33.0 Å². The molecule has 2 heterocycles. The maximum Gasteiger partial charge on any atom is 0.328 e. The maximum atomic E-state index is 12.7. The van der Waals surface area contributed by atoms with Crippen molar-refractivity contribution in [2.75, 3.05) is 6.54 Å². The summed E-state index contributed by atoms with van der Waals surface area (Å²) in [5, 5.41) is 18.2. The average molecular weight is 394 g/mol. The number of aliphatic carboxylic acids is 1. The number of aliphatic imine (C=N–C) groups is 1. The van der Waals surface area contributed by atoms with Crippen LogP contribution in [0.2, 0.25) is 0 Å². The number of β-lactam (4-membered cyclic amide) rings is 1. The summed E-state index contributed by atoms with van der Waals surface area (Å²) in [5.41, 5.74) is 0.546. The van der Waals surface area contributed by atoms with Crippen LogP contribution in [0.5, 0.6) is 5.75 Å². The first-order valence-corrected chi connectivity index (χ1v) is 9.67. The van der Waals surface area contributed by atoms with Crippen LogP contribution in [0.1, 0.15) is 29.3 Å². The van der Waals surface area contributed by atoms with Crippen LogP contribution in [0.25, 0.3) is 0 Å². The van der Waals surface area contributed by atoms with Crippen molar-refractivity contribution in [2.45, 2.75) is 36.4 Å². The lowest BCUT2D eigenvalue weighted by Gasteiger charge is -2.35. The highest BCUT2D eigenvalue weighted by molar-refractivity contribution is 7.94. The van der Waals surface area contributed by atoms with Crippen molar-refractivity contribution in [3.63, 3.8) is 0 Å². The van der Waals surface area contributed by atoms with E-state index in [-0.39, 0.29) is 17.7 Å². The van der Waals surface area contributed by atoms with Gasteiger partial charge in [-0.05, 0) is 25.5 Å². The van der Waals surface area contributed by atoms with E-state index in [1.54, 1.807) is 19.1 Å². The number of phenolic OH excluding ortho intramolecular Hbond substituents is 1. The summed E-state index contributed by atoms with van der Waals surface area (Å²) in [6.07, 6.45) is 0.670. The summed E-state index contributed by atoms with van der Waals surface area (Å²) < 4.78 is 23.5. The Morgan fingerprint density at radius 3 is 2.67 bits per heavy atom. The highest BCUT2D eigenvalue weighted by atomic mass is 32.2. The molecule has 3 atom stereocenters. The van der Waals surface area contributed by atoms with Gasteiger partial charge in [0.05, 0.1) is 12.0 Å².